The van der Waals surface area contributed by atoms with Crippen LogP contribution in [0.1, 0.15) is 24.5 Å². The zero-order valence-corrected chi connectivity index (χ0v) is 11.6. The Morgan fingerprint density at radius 1 is 1.00 bits per heavy atom. The van der Waals surface area contributed by atoms with Gasteiger partial charge in [0.2, 0.25) is 0 Å². The van der Waals surface area contributed by atoms with Crippen LogP contribution in [0.4, 0.5) is 5.69 Å². The summed E-state index contributed by atoms with van der Waals surface area (Å²) < 4.78 is 5.76. The maximum atomic E-state index is 5.76. The Balaban J connectivity index is 2.05. The van der Waals surface area contributed by atoms with Crippen molar-refractivity contribution < 1.29 is 4.74 Å². The van der Waals surface area contributed by atoms with Gasteiger partial charge in [0.15, 0.2) is 0 Å². The number of anilines is 1. The normalized spacial score (nSPS) is 10.2. The number of para-hydroxylation sites is 2. The monoisotopic (exact) mass is 255 g/mol. The van der Waals surface area contributed by atoms with E-state index in [1.807, 2.05) is 18.2 Å². The lowest BCUT2D eigenvalue weighted by Crippen LogP contribution is -2.04. The van der Waals surface area contributed by atoms with Crippen LogP contribution in [0.2, 0.25) is 0 Å². The molecule has 2 aromatic rings. The fourth-order valence-electron chi connectivity index (χ4n) is 1.96. The second-order valence-electron chi connectivity index (χ2n) is 4.62. The Bertz CT molecular complexity index is 522. The van der Waals surface area contributed by atoms with Crippen molar-refractivity contribution in [2.24, 2.45) is 0 Å². The lowest BCUT2D eigenvalue weighted by atomic mass is 10.1. The van der Waals surface area contributed by atoms with Gasteiger partial charge in [-0.25, -0.2) is 0 Å². The Labute approximate surface area is 115 Å². The summed E-state index contributed by atoms with van der Waals surface area (Å²) in [6.45, 7) is 5.78. The van der Waals surface area contributed by atoms with Crippen LogP contribution in [0.25, 0.3) is 0 Å². The molecule has 0 aliphatic rings. The van der Waals surface area contributed by atoms with Gasteiger partial charge in [-0.1, -0.05) is 43.3 Å². The second-order valence-corrected chi connectivity index (χ2v) is 4.62. The number of ether oxygens (including phenoxy) is 1. The first-order valence-corrected chi connectivity index (χ1v) is 6.81. The van der Waals surface area contributed by atoms with E-state index in [1.54, 1.807) is 0 Å². The van der Waals surface area contributed by atoms with Gasteiger partial charge in [0.1, 0.15) is 5.75 Å². The molecular weight excluding hydrogens is 234 g/mol. The lowest BCUT2D eigenvalue weighted by Gasteiger charge is -2.13. The number of rotatable bonds is 6. The third-order valence-electron chi connectivity index (χ3n) is 3.05. The molecule has 0 spiro atoms. The van der Waals surface area contributed by atoms with Crippen molar-refractivity contribution >= 4 is 5.69 Å². The number of hydrogen-bond donors (Lipinski definition) is 1. The number of hydrogen-bond acceptors (Lipinski definition) is 2. The molecule has 0 aromatic heterocycles. The maximum Gasteiger partial charge on any atom is 0.124 e. The van der Waals surface area contributed by atoms with Gasteiger partial charge in [-0.05, 0) is 31.0 Å². The van der Waals surface area contributed by atoms with Crippen molar-refractivity contribution in [2.45, 2.75) is 26.8 Å². The Kier molecular flexibility index (Phi) is 4.85. The maximum absolute atomic E-state index is 5.76. The molecule has 0 amide bonds. The molecule has 0 heterocycles. The lowest BCUT2D eigenvalue weighted by molar-refractivity contribution is 0.314. The smallest absolute Gasteiger partial charge is 0.124 e. The van der Waals surface area contributed by atoms with E-state index in [0.717, 1.165) is 25.3 Å². The topological polar surface area (TPSA) is 21.3 Å². The minimum absolute atomic E-state index is 0.765. The van der Waals surface area contributed by atoms with Gasteiger partial charge in [0.25, 0.3) is 0 Å². The van der Waals surface area contributed by atoms with E-state index in [1.165, 1.54) is 16.8 Å². The van der Waals surface area contributed by atoms with E-state index >= 15 is 0 Å². The largest absolute Gasteiger partial charge is 0.493 e. The Morgan fingerprint density at radius 3 is 2.53 bits per heavy atom. The van der Waals surface area contributed by atoms with Crippen molar-refractivity contribution in [1.82, 2.24) is 0 Å². The first kappa shape index (κ1) is 13.5. The minimum atomic E-state index is 0.765. The van der Waals surface area contributed by atoms with Crippen molar-refractivity contribution in [1.29, 1.82) is 0 Å². The van der Waals surface area contributed by atoms with E-state index in [2.05, 4.69) is 49.5 Å². The molecule has 0 saturated heterocycles. The van der Waals surface area contributed by atoms with Crippen LogP contribution in [-0.4, -0.2) is 6.61 Å². The summed E-state index contributed by atoms with van der Waals surface area (Å²) >= 11 is 0. The summed E-state index contributed by atoms with van der Waals surface area (Å²) in [6.07, 6.45) is 1.03. The zero-order chi connectivity index (χ0) is 13.5. The van der Waals surface area contributed by atoms with E-state index in [-0.39, 0.29) is 0 Å². The molecular formula is C17H21NO. The second kappa shape index (κ2) is 6.83. The third kappa shape index (κ3) is 3.75. The summed E-state index contributed by atoms with van der Waals surface area (Å²) in [5.41, 5.74) is 3.63. The Morgan fingerprint density at radius 2 is 1.74 bits per heavy atom. The highest BCUT2D eigenvalue weighted by Crippen LogP contribution is 2.21. The molecule has 0 bridgehead atoms. The predicted molar refractivity (Wildman–Crippen MR) is 80.7 cm³/mol. The first-order valence-electron chi connectivity index (χ1n) is 6.81. The van der Waals surface area contributed by atoms with Gasteiger partial charge in [-0.2, -0.15) is 0 Å². The highest BCUT2D eigenvalue weighted by atomic mass is 16.5. The molecule has 2 nitrogen and oxygen atoms in total. The summed E-state index contributed by atoms with van der Waals surface area (Å²) in [7, 11) is 0. The summed E-state index contributed by atoms with van der Waals surface area (Å²) in [5.74, 6) is 0.977. The molecule has 2 aromatic carbocycles. The van der Waals surface area contributed by atoms with Gasteiger partial charge in [-0.3, -0.25) is 0 Å². The average molecular weight is 255 g/mol. The van der Waals surface area contributed by atoms with Gasteiger partial charge in [0.05, 0.1) is 6.61 Å². The average Bonchev–Trinajstić information content (AvgIpc) is 2.45. The molecule has 0 aliphatic heterocycles. The number of aryl methyl sites for hydroxylation is 1. The van der Waals surface area contributed by atoms with Crippen LogP contribution in [0.15, 0.2) is 48.5 Å². The molecule has 100 valence electrons. The van der Waals surface area contributed by atoms with Crippen LogP contribution >= 0.6 is 0 Å². The predicted octanol–water partition coefficient (Wildman–Crippen LogP) is 4.40. The van der Waals surface area contributed by atoms with Crippen molar-refractivity contribution in [3.05, 3.63) is 59.7 Å². The summed E-state index contributed by atoms with van der Waals surface area (Å²) in [4.78, 5) is 0. The molecule has 0 saturated carbocycles. The van der Waals surface area contributed by atoms with E-state index < -0.39 is 0 Å². The molecule has 0 atom stereocenters. The number of nitrogens with one attached hydrogen (secondary N) is 1. The molecule has 0 unspecified atom stereocenters. The van der Waals surface area contributed by atoms with Gasteiger partial charge in [-0.15, -0.1) is 0 Å². The molecule has 0 radical (unpaired) electrons. The van der Waals surface area contributed by atoms with Crippen molar-refractivity contribution in [3.63, 3.8) is 0 Å². The number of benzene rings is 2. The fourth-order valence-corrected chi connectivity index (χ4v) is 1.96. The SMILES string of the molecule is CCCOc1ccccc1CNc1ccccc1C. The molecule has 19 heavy (non-hydrogen) atoms. The molecule has 0 fully saturated rings. The van der Waals surface area contributed by atoms with Crippen molar-refractivity contribution in [2.75, 3.05) is 11.9 Å². The standard InChI is InChI=1S/C17H21NO/c1-3-12-19-17-11-7-5-9-15(17)13-18-16-10-6-4-8-14(16)2/h4-11,18H,3,12-13H2,1-2H3. The van der Waals surface area contributed by atoms with Crippen LogP contribution in [0, 0.1) is 6.92 Å². The summed E-state index contributed by atoms with van der Waals surface area (Å²) in [5, 5.41) is 3.47. The van der Waals surface area contributed by atoms with Crippen LogP contribution in [0.3, 0.4) is 0 Å². The third-order valence-corrected chi connectivity index (χ3v) is 3.05. The van der Waals surface area contributed by atoms with E-state index in [9.17, 15) is 0 Å². The molecule has 2 rings (SSSR count). The van der Waals surface area contributed by atoms with Gasteiger partial charge in [0, 0.05) is 17.8 Å². The van der Waals surface area contributed by atoms with Crippen LogP contribution < -0.4 is 10.1 Å². The minimum Gasteiger partial charge on any atom is -0.493 e. The van der Waals surface area contributed by atoms with E-state index in [0.29, 0.717) is 0 Å². The highest BCUT2D eigenvalue weighted by Gasteiger charge is 2.03. The van der Waals surface area contributed by atoms with Crippen LogP contribution in [-0.2, 0) is 6.54 Å². The quantitative estimate of drug-likeness (QED) is 0.826. The molecule has 1 N–H and O–H groups in total. The van der Waals surface area contributed by atoms with Crippen molar-refractivity contribution in [3.8, 4) is 5.75 Å². The zero-order valence-electron chi connectivity index (χ0n) is 11.6. The van der Waals surface area contributed by atoms with Gasteiger partial charge < -0.3 is 10.1 Å². The van der Waals surface area contributed by atoms with Crippen LogP contribution in [0.5, 0.6) is 5.75 Å². The Hall–Kier alpha value is -1.96. The van der Waals surface area contributed by atoms with Gasteiger partial charge >= 0.3 is 0 Å². The fraction of sp³-hybridized carbons (Fsp3) is 0.294. The molecule has 2 heteroatoms. The van der Waals surface area contributed by atoms with E-state index in [4.69, 9.17) is 4.74 Å². The summed E-state index contributed by atoms with van der Waals surface area (Å²) in [6, 6.07) is 16.5. The molecule has 0 aliphatic carbocycles. The first-order chi connectivity index (χ1) is 9.31. The highest BCUT2D eigenvalue weighted by molar-refractivity contribution is 5.51.